The second kappa shape index (κ2) is 6.62. The molecule has 4 heteroatoms. The van der Waals surface area contributed by atoms with Crippen molar-refractivity contribution in [1.82, 2.24) is 5.32 Å². The quantitative estimate of drug-likeness (QED) is 0.865. The van der Waals surface area contributed by atoms with Gasteiger partial charge in [-0.2, -0.15) is 0 Å². The predicted molar refractivity (Wildman–Crippen MR) is 84.2 cm³/mol. The van der Waals surface area contributed by atoms with E-state index in [1.165, 1.54) is 18.4 Å². The molecule has 1 heterocycles. The highest BCUT2D eigenvalue weighted by atomic mass is 79.9. The number of nitrogens with one attached hydrogen (secondary N) is 2. The molecular formula is C15H23BrN2O. The second-order valence-corrected chi connectivity index (χ2v) is 6.29. The molecular weight excluding hydrogens is 304 g/mol. The summed E-state index contributed by atoms with van der Waals surface area (Å²) in [6, 6.07) is 5.22. The molecule has 0 radical (unpaired) electrons. The van der Waals surface area contributed by atoms with Crippen LogP contribution in [0.1, 0.15) is 31.7 Å². The van der Waals surface area contributed by atoms with Crippen molar-refractivity contribution in [1.29, 1.82) is 0 Å². The average Bonchev–Trinajstić information content (AvgIpc) is 2.85. The van der Waals surface area contributed by atoms with Crippen molar-refractivity contribution in [3.8, 4) is 5.75 Å². The lowest BCUT2D eigenvalue weighted by atomic mass is 10.1. The Balaban J connectivity index is 2.04. The number of anilines is 1. The summed E-state index contributed by atoms with van der Waals surface area (Å²) in [6.45, 7) is 5.51. The van der Waals surface area contributed by atoms with Crippen molar-refractivity contribution in [2.24, 2.45) is 0 Å². The third-order valence-corrected chi connectivity index (χ3v) is 4.13. The molecule has 1 aromatic carbocycles. The van der Waals surface area contributed by atoms with Crippen LogP contribution in [0.2, 0.25) is 0 Å². The Morgan fingerprint density at radius 1 is 1.53 bits per heavy atom. The van der Waals surface area contributed by atoms with Crippen molar-refractivity contribution in [3.63, 3.8) is 0 Å². The largest absolute Gasteiger partial charge is 0.495 e. The summed E-state index contributed by atoms with van der Waals surface area (Å²) < 4.78 is 6.52. The summed E-state index contributed by atoms with van der Waals surface area (Å²) in [5.74, 6) is 0.901. The maximum atomic E-state index is 5.47. The first-order valence-corrected chi connectivity index (χ1v) is 7.73. The lowest BCUT2D eigenvalue weighted by molar-refractivity contribution is 0.415. The zero-order chi connectivity index (χ0) is 13.8. The molecule has 0 amide bonds. The predicted octanol–water partition coefficient (Wildman–Crippen LogP) is 3.71. The number of hydrogen-bond acceptors (Lipinski definition) is 3. The Morgan fingerprint density at radius 3 is 2.95 bits per heavy atom. The first-order valence-electron chi connectivity index (χ1n) is 6.94. The van der Waals surface area contributed by atoms with Crippen LogP contribution in [0.5, 0.6) is 5.75 Å². The van der Waals surface area contributed by atoms with Gasteiger partial charge in [0.05, 0.1) is 12.8 Å². The molecule has 2 N–H and O–H groups in total. The number of methoxy groups -OCH3 is 1. The van der Waals surface area contributed by atoms with Crippen LogP contribution in [0, 0.1) is 6.92 Å². The molecule has 1 aromatic rings. The van der Waals surface area contributed by atoms with Crippen LogP contribution in [0.25, 0.3) is 0 Å². The lowest BCUT2D eigenvalue weighted by Crippen LogP contribution is -2.29. The fourth-order valence-electron chi connectivity index (χ4n) is 2.75. The first kappa shape index (κ1) is 14.7. The minimum Gasteiger partial charge on any atom is -0.495 e. The SMILES string of the molecule is COc1cc(Br)cc(C)c1NC(C)CC1CCCN1. The highest BCUT2D eigenvalue weighted by molar-refractivity contribution is 9.10. The van der Waals surface area contributed by atoms with Gasteiger partial charge in [-0.05, 0) is 57.4 Å². The fraction of sp³-hybridized carbons (Fsp3) is 0.600. The molecule has 1 saturated heterocycles. The minimum absolute atomic E-state index is 0.435. The van der Waals surface area contributed by atoms with Crippen LogP contribution >= 0.6 is 15.9 Å². The fourth-order valence-corrected chi connectivity index (χ4v) is 3.30. The molecule has 0 saturated carbocycles. The summed E-state index contributed by atoms with van der Waals surface area (Å²) in [7, 11) is 1.72. The Labute approximate surface area is 124 Å². The van der Waals surface area contributed by atoms with Crippen LogP contribution < -0.4 is 15.4 Å². The topological polar surface area (TPSA) is 33.3 Å². The zero-order valence-electron chi connectivity index (χ0n) is 11.9. The number of aryl methyl sites for hydroxylation is 1. The first-order chi connectivity index (χ1) is 9.10. The molecule has 2 atom stereocenters. The van der Waals surface area contributed by atoms with Gasteiger partial charge in [-0.1, -0.05) is 15.9 Å². The monoisotopic (exact) mass is 326 g/mol. The number of ether oxygens (including phenoxy) is 1. The van der Waals surface area contributed by atoms with E-state index in [0.717, 1.165) is 28.9 Å². The molecule has 19 heavy (non-hydrogen) atoms. The number of benzene rings is 1. The third-order valence-electron chi connectivity index (χ3n) is 3.68. The Morgan fingerprint density at radius 2 is 2.32 bits per heavy atom. The summed E-state index contributed by atoms with van der Waals surface area (Å²) in [5, 5.41) is 7.14. The minimum atomic E-state index is 0.435. The van der Waals surface area contributed by atoms with Gasteiger partial charge in [0, 0.05) is 16.6 Å². The lowest BCUT2D eigenvalue weighted by Gasteiger charge is -2.22. The maximum absolute atomic E-state index is 5.47. The Kier molecular flexibility index (Phi) is 5.11. The van der Waals surface area contributed by atoms with E-state index in [9.17, 15) is 0 Å². The van der Waals surface area contributed by atoms with Gasteiger partial charge in [0.15, 0.2) is 0 Å². The molecule has 0 bridgehead atoms. The average molecular weight is 327 g/mol. The van der Waals surface area contributed by atoms with Crippen LogP contribution in [-0.4, -0.2) is 25.7 Å². The van der Waals surface area contributed by atoms with Crippen LogP contribution in [0.4, 0.5) is 5.69 Å². The highest BCUT2D eigenvalue weighted by Crippen LogP contribution is 2.33. The molecule has 1 fully saturated rings. The summed E-state index contributed by atoms with van der Waals surface area (Å²) >= 11 is 3.51. The van der Waals surface area contributed by atoms with Gasteiger partial charge in [0.2, 0.25) is 0 Å². The van der Waals surface area contributed by atoms with Gasteiger partial charge in [-0.25, -0.2) is 0 Å². The summed E-state index contributed by atoms with van der Waals surface area (Å²) in [5.41, 5.74) is 2.31. The molecule has 0 aliphatic carbocycles. The van der Waals surface area contributed by atoms with E-state index in [0.29, 0.717) is 12.1 Å². The van der Waals surface area contributed by atoms with Crippen molar-refractivity contribution < 1.29 is 4.74 Å². The van der Waals surface area contributed by atoms with Crippen molar-refractivity contribution in [2.75, 3.05) is 19.0 Å². The molecule has 106 valence electrons. The van der Waals surface area contributed by atoms with Crippen molar-refractivity contribution in [3.05, 3.63) is 22.2 Å². The molecule has 2 rings (SSSR count). The van der Waals surface area contributed by atoms with Gasteiger partial charge in [-0.3, -0.25) is 0 Å². The van der Waals surface area contributed by atoms with Crippen LogP contribution in [0.3, 0.4) is 0 Å². The van der Waals surface area contributed by atoms with E-state index in [4.69, 9.17) is 4.74 Å². The third kappa shape index (κ3) is 3.86. The Bertz CT molecular complexity index is 430. The van der Waals surface area contributed by atoms with Crippen molar-refractivity contribution >= 4 is 21.6 Å². The molecule has 2 unspecified atom stereocenters. The van der Waals surface area contributed by atoms with Gasteiger partial charge >= 0.3 is 0 Å². The zero-order valence-corrected chi connectivity index (χ0v) is 13.5. The van der Waals surface area contributed by atoms with Crippen LogP contribution in [-0.2, 0) is 0 Å². The second-order valence-electron chi connectivity index (χ2n) is 5.37. The van der Waals surface area contributed by atoms with E-state index in [1.807, 2.05) is 6.07 Å². The van der Waals surface area contributed by atoms with E-state index in [-0.39, 0.29) is 0 Å². The summed E-state index contributed by atoms with van der Waals surface area (Å²) in [4.78, 5) is 0. The van der Waals surface area contributed by atoms with E-state index in [1.54, 1.807) is 7.11 Å². The number of halogens is 1. The highest BCUT2D eigenvalue weighted by Gasteiger charge is 2.18. The standard InChI is InChI=1S/C15H23BrN2O/c1-10-7-12(16)9-14(19-3)15(10)18-11(2)8-13-5-4-6-17-13/h7,9,11,13,17-18H,4-6,8H2,1-3H3. The maximum Gasteiger partial charge on any atom is 0.143 e. The number of rotatable bonds is 5. The van der Waals surface area contributed by atoms with Gasteiger partial charge in [0.25, 0.3) is 0 Å². The van der Waals surface area contributed by atoms with Crippen molar-refractivity contribution in [2.45, 2.75) is 45.2 Å². The van der Waals surface area contributed by atoms with E-state index < -0.39 is 0 Å². The van der Waals surface area contributed by atoms with E-state index in [2.05, 4.69) is 46.5 Å². The molecule has 0 aromatic heterocycles. The van der Waals surface area contributed by atoms with Gasteiger partial charge < -0.3 is 15.4 Å². The van der Waals surface area contributed by atoms with Gasteiger partial charge in [0.1, 0.15) is 5.75 Å². The molecule has 1 aliphatic heterocycles. The normalized spacial score (nSPS) is 20.3. The van der Waals surface area contributed by atoms with E-state index >= 15 is 0 Å². The Hall–Kier alpha value is -0.740. The van der Waals surface area contributed by atoms with Gasteiger partial charge in [-0.15, -0.1) is 0 Å². The summed E-state index contributed by atoms with van der Waals surface area (Å²) in [6.07, 6.45) is 3.75. The smallest absolute Gasteiger partial charge is 0.143 e. The molecule has 0 spiro atoms. The molecule has 3 nitrogen and oxygen atoms in total. The van der Waals surface area contributed by atoms with Crippen LogP contribution in [0.15, 0.2) is 16.6 Å². The molecule has 1 aliphatic rings. The number of hydrogen-bond donors (Lipinski definition) is 2.